The van der Waals surface area contributed by atoms with Crippen molar-refractivity contribution in [3.63, 3.8) is 0 Å². The molecule has 1 fully saturated rings. The Morgan fingerprint density at radius 2 is 1.80 bits per heavy atom. The molecule has 1 atom stereocenters. The van der Waals surface area contributed by atoms with Crippen molar-refractivity contribution in [3.05, 3.63) is 30.3 Å². The third-order valence-electron chi connectivity index (χ3n) is 5.41. The first-order valence-corrected chi connectivity index (χ1v) is 11.1. The summed E-state index contributed by atoms with van der Waals surface area (Å²) in [5, 5.41) is 6.86. The minimum absolute atomic E-state index is 0. The van der Waals surface area contributed by atoms with Crippen molar-refractivity contribution in [2.45, 2.75) is 65.5 Å². The first-order chi connectivity index (χ1) is 14.1. The van der Waals surface area contributed by atoms with Gasteiger partial charge in [0.15, 0.2) is 5.96 Å². The van der Waals surface area contributed by atoms with Gasteiger partial charge in [0, 0.05) is 31.6 Å². The summed E-state index contributed by atoms with van der Waals surface area (Å²) < 4.78 is 5.91. The molecule has 6 nitrogen and oxygen atoms in total. The quantitative estimate of drug-likeness (QED) is 0.287. The van der Waals surface area contributed by atoms with E-state index < -0.39 is 0 Å². The number of nitrogens with one attached hydrogen (secondary N) is 2. The molecule has 1 saturated heterocycles. The van der Waals surface area contributed by atoms with Crippen LogP contribution >= 0.6 is 24.0 Å². The molecule has 1 aliphatic rings. The lowest BCUT2D eigenvalue weighted by molar-refractivity contribution is -0.136. The number of para-hydroxylation sites is 1. The molecule has 1 aromatic carbocycles. The van der Waals surface area contributed by atoms with Gasteiger partial charge < -0.3 is 20.3 Å². The molecule has 0 aliphatic carbocycles. The number of amides is 1. The van der Waals surface area contributed by atoms with Gasteiger partial charge in [0.05, 0.1) is 6.54 Å². The molecule has 1 unspecified atom stereocenters. The molecular formula is C23H39IN4O2. The number of nitrogens with zero attached hydrogens (tertiary/aromatic N) is 2. The maximum absolute atomic E-state index is 12.6. The van der Waals surface area contributed by atoms with E-state index >= 15 is 0 Å². The maximum atomic E-state index is 12.6. The van der Waals surface area contributed by atoms with Crippen molar-refractivity contribution in [1.29, 1.82) is 0 Å². The summed E-state index contributed by atoms with van der Waals surface area (Å²) in [6.45, 7) is 11.3. The molecule has 0 radical (unpaired) electrons. The van der Waals surface area contributed by atoms with E-state index in [0.717, 1.165) is 57.0 Å². The minimum Gasteiger partial charge on any atom is -0.489 e. The van der Waals surface area contributed by atoms with Gasteiger partial charge in [-0.3, -0.25) is 4.79 Å². The maximum Gasteiger partial charge on any atom is 0.225 e. The smallest absolute Gasteiger partial charge is 0.225 e. The molecule has 0 saturated carbocycles. The van der Waals surface area contributed by atoms with Gasteiger partial charge in [-0.05, 0) is 51.7 Å². The summed E-state index contributed by atoms with van der Waals surface area (Å²) in [7, 11) is 0. The van der Waals surface area contributed by atoms with Gasteiger partial charge >= 0.3 is 0 Å². The average molecular weight is 530 g/mol. The van der Waals surface area contributed by atoms with Crippen LogP contribution in [-0.4, -0.2) is 55.1 Å². The Morgan fingerprint density at radius 1 is 1.17 bits per heavy atom. The zero-order chi connectivity index (χ0) is 21.1. The van der Waals surface area contributed by atoms with E-state index in [1.54, 1.807) is 0 Å². The first-order valence-electron chi connectivity index (χ1n) is 11.1. The van der Waals surface area contributed by atoms with Crippen LogP contribution in [-0.2, 0) is 4.79 Å². The summed E-state index contributed by atoms with van der Waals surface area (Å²) in [5.41, 5.74) is 0. The molecule has 170 valence electrons. The number of carbonyl (C=O) groups excluding carboxylic acids is 1. The van der Waals surface area contributed by atoms with Crippen LogP contribution in [0.15, 0.2) is 35.3 Å². The molecule has 1 amide bonds. The predicted octanol–water partition coefficient (Wildman–Crippen LogP) is 4.05. The number of halogens is 1. The molecule has 7 heteroatoms. The summed E-state index contributed by atoms with van der Waals surface area (Å²) >= 11 is 0. The Labute approximate surface area is 199 Å². The van der Waals surface area contributed by atoms with Crippen molar-refractivity contribution >= 4 is 35.8 Å². The number of likely N-dealkylation sites (tertiary alicyclic amines) is 1. The number of hydrogen-bond donors (Lipinski definition) is 2. The van der Waals surface area contributed by atoms with Crippen molar-refractivity contribution < 1.29 is 9.53 Å². The third-order valence-corrected chi connectivity index (χ3v) is 5.41. The van der Waals surface area contributed by atoms with Gasteiger partial charge in [0.25, 0.3) is 0 Å². The van der Waals surface area contributed by atoms with Crippen molar-refractivity contribution in [2.75, 3.05) is 26.2 Å². The van der Waals surface area contributed by atoms with E-state index in [0.29, 0.717) is 18.5 Å². The molecule has 0 bridgehead atoms. The second-order valence-electron chi connectivity index (χ2n) is 7.72. The van der Waals surface area contributed by atoms with Gasteiger partial charge in [-0.25, -0.2) is 4.99 Å². The van der Waals surface area contributed by atoms with Gasteiger partial charge in [-0.1, -0.05) is 32.0 Å². The molecule has 1 heterocycles. The first kappa shape index (κ1) is 26.5. The lowest BCUT2D eigenvalue weighted by atomic mass is 9.98. The highest BCUT2D eigenvalue weighted by atomic mass is 127. The fraction of sp³-hybridized carbons (Fsp3) is 0.652. The number of benzene rings is 1. The largest absolute Gasteiger partial charge is 0.489 e. The van der Waals surface area contributed by atoms with Crippen molar-refractivity contribution in [2.24, 2.45) is 10.9 Å². The summed E-state index contributed by atoms with van der Waals surface area (Å²) in [6.07, 6.45) is 3.74. The van der Waals surface area contributed by atoms with Crippen LogP contribution in [0.2, 0.25) is 0 Å². The molecule has 0 spiro atoms. The van der Waals surface area contributed by atoms with E-state index in [1.165, 1.54) is 0 Å². The predicted molar refractivity (Wildman–Crippen MR) is 135 cm³/mol. The summed E-state index contributed by atoms with van der Waals surface area (Å²) in [4.78, 5) is 19.3. The highest BCUT2D eigenvalue weighted by molar-refractivity contribution is 14.0. The van der Waals surface area contributed by atoms with Crippen LogP contribution < -0.4 is 15.4 Å². The Bertz CT molecular complexity index is 629. The fourth-order valence-corrected chi connectivity index (χ4v) is 3.64. The third kappa shape index (κ3) is 8.70. The monoisotopic (exact) mass is 530 g/mol. The summed E-state index contributed by atoms with van der Waals surface area (Å²) in [6, 6.07) is 10.2. The Hall–Kier alpha value is -1.51. The van der Waals surface area contributed by atoms with Crippen molar-refractivity contribution in [1.82, 2.24) is 15.5 Å². The van der Waals surface area contributed by atoms with E-state index in [-0.39, 0.29) is 36.0 Å². The second kappa shape index (κ2) is 14.5. The number of carbonyl (C=O) groups is 1. The average Bonchev–Trinajstić information content (AvgIpc) is 2.74. The summed E-state index contributed by atoms with van der Waals surface area (Å²) in [5.74, 6) is 2.17. The van der Waals surface area contributed by atoms with E-state index in [1.807, 2.05) is 42.2 Å². The highest BCUT2D eigenvalue weighted by Gasteiger charge is 2.26. The number of guanidine groups is 1. The van der Waals surface area contributed by atoms with Gasteiger partial charge in [-0.2, -0.15) is 0 Å². The van der Waals surface area contributed by atoms with Gasteiger partial charge in [-0.15, -0.1) is 24.0 Å². The topological polar surface area (TPSA) is 66.0 Å². The van der Waals surface area contributed by atoms with Crippen molar-refractivity contribution in [3.8, 4) is 5.75 Å². The molecule has 30 heavy (non-hydrogen) atoms. The number of ether oxygens (including phenoxy) is 1. The van der Waals surface area contributed by atoms with E-state index in [9.17, 15) is 4.79 Å². The van der Waals surface area contributed by atoms with Crippen LogP contribution in [0.5, 0.6) is 5.75 Å². The van der Waals surface area contributed by atoms with Crippen LogP contribution in [0.4, 0.5) is 0 Å². The Kier molecular flexibility index (Phi) is 12.8. The molecule has 1 aromatic rings. The lowest BCUT2D eigenvalue weighted by Crippen LogP contribution is -2.50. The minimum atomic E-state index is -0.00709. The zero-order valence-electron chi connectivity index (χ0n) is 18.9. The SMILES string of the molecule is CCNC(=NCC(C)Oc1ccccc1)NC1CCN(C(=O)C(CC)CC)CC1.I. The highest BCUT2D eigenvalue weighted by Crippen LogP contribution is 2.17. The molecule has 1 aliphatic heterocycles. The van der Waals surface area contributed by atoms with E-state index in [2.05, 4.69) is 31.4 Å². The van der Waals surface area contributed by atoms with Crippen LogP contribution in [0.1, 0.15) is 53.4 Å². The Balaban J connectivity index is 0.00000450. The number of aliphatic imine (C=N–C) groups is 1. The number of piperidine rings is 1. The fourth-order valence-electron chi connectivity index (χ4n) is 3.64. The molecular weight excluding hydrogens is 491 g/mol. The number of hydrogen-bond acceptors (Lipinski definition) is 3. The Morgan fingerprint density at radius 3 is 2.37 bits per heavy atom. The normalized spacial score (nSPS) is 16.0. The molecule has 2 rings (SSSR count). The van der Waals surface area contributed by atoms with Gasteiger partial charge in [0.1, 0.15) is 11.9 Å². The van der Waals surface area contributed by atoms with Crippen LogP contribution in [0.25, 0.3) is 0 Å². The van der Waals surface area contributed by atoms with E-state index in [4.69, 9.17) is 9.73 Å². The second-order valence-corrected chi connectivity index (χ2v) is 7.72. The zero-order valence-corrected chi connectivity index (χ0v) is 21.2. The number of rotatable bonds is 9. The lowest BCUT2D eigenvalue weighted by Gasteiger charge is -2.35. The van der Waals surface area contributed by atoms with Crippen LogP contribution in [0, 0.1) is 5.92 Å². The van der Waals surface area contributed by atoms with Crippen LogP contribution in [0.3, 0.4) is 0 Å². The molecule has 0 aromatic heterocycles. The standard InChI is InChI=1S/C23H38N4O2.HI/c1-5-19(6-2)22(28)27-15-13-20(14-16-27)26-23(24-7-3)25-17-18(4)29-21-11-9-8-10-12-21;/h8-12,18-20H,5-7,13-17H2,1-4H3,(H2,24,25,26);1H. The molecule has 2 N–H and O–H groups in total. The van der Waals surface area contributed by atoms with Gasteiger partial charge in [0.2, 0.25) is 5.91 Å².